The topological polar surface area (TPSA) is 119 Å². The summed E-state index contributed by atoms with van der Waals surface area (Å²) >= 11 is 0. The average molecular weight is 461 g/mol. The first-order chi connectivity index (χ1) is 16.6. The van der Waals surface area contributed by atoms with E-state index in [4.69, 9.17) is 14.9 Å². The van der Waals surface area contributed by atoms with Gasteiger partial charge in [-0.25, -0.2) is 4.99 Å². The molecule has 4 rings (SSSR count). The Morgan fingerprint density at radius 1 is 1.15 bits per heavy atom. The molecule has 0 bridgehead atoms. The summed E-state index contributed by atoms with van der Waals surface area (Å²) in [5.74, 6) is 0.818. The maximum Gasteiger partial charge on any atom is 0.270 e. The first-order valence-electron chi connectivity index (χ1n) is 11.2. The lowest BCUT2D eigenvalue weighted by atomic mass is 10.0. The fraction of sp³-hybridized carbons (Fsp3) is 0.320. The average Bonchev–Trinajstić information content (AvgIpc) is 3.21. The number of rotatable bonds is 6. The van der Waals surface area contributed by atoms with E-state index in [1.165, 1.54) is 0 Å². The Balaban J connectivity index is 1.53. The van der Waals surface area contributed by atoms with E-state index in [0.29, 0.717) is 43.5 Å². The van der Waals surface area contributed by atoms with Gasteiger partial charge in [-0.05, 0) is 30.5 Å². The van der Waals surface area contributed by atoms with Crippen LogP contribution in [0.3, 0.4) is 0 Å². The number of carbonyl (C=O) groups excluding carboxylic acids is 1. The number of benzene rings is 1. The summed E-state index contributed by atoms with van der Waals surface area (Å²) in [6, 6.07) is 7.16. The summed E-state index contributed by atoms with van der Waals surface area (Å²) in [6.07, 6.45) is 9.60. The van der Waals surface area contributed by atoms with Crippen molar-refractivity contribution in [3.63, 3.8) is 0 Å². The van der Waals surface area contributed by atoms with Crippen LogP contribution < -0.4 is 5.73 Å². The smallest absolute Gasteiger partial charge is 0.270 e. The quantitative estimate of drug-likeness (QED) is 0.523. The van der Waals surface area contributed by atoms with Crippen molar-refractivity contribution < 1.29 is 13.9 Å². The van der Waals surface area contributed by atoms with Gasteiger partial charge in [0.25, 0.3) is 11.8 Å². The number of ether oxygens (including phenoxy) is 1. The number of aliphatic imine (C=N–C) groups is 2. The molecule has 1 unspecified atom stereocenters. The SMILES string of the molecule is C=C(N=C(C(N)=NC)c1nnc(C2C=CC=CC2)o1)c1ccc(C(=O)N2CCCOCC2)cc1. The van der Waals surface area contributed by atoms with E-state index in [9.17, 15) is 4.79 Å². The molecule has 1 atom stereocenters. The van der Waals surface area contributed by atoms with Gasteiger partial charge in [-0.1, -0.05) is 43.0 Å². The Labute approximate surface area is 198 Å². The maximum absolute atomic E-state index is 12.8. The van der Waals surface area contributed by atoms with E-state index in [2.05, 4.69) is 26.8 Å². The van der Waals surface area contributed by atoms with Gasteiger partial charge in [0.1, 0.15) is 5.84 Å². The zero-order chi connectivity index (χ0) is 23.9. The Hall–Kier alpha value is -3.85. The molecule has 9 nitrogen and oxygen atoms in total. The summed E-state index contributed by atoms with van der Waals surface area (Å²) in [7, 11) is 1.56. The van der Waals surface area contributed by atoms with Gasteiger partial charge in [0.15, 0.2) is 5.71 Å². The number of amides is 1. The van der Waals surface area contributed by atoms with E-state index >= 15 is 0 Å². The highest BCUT2D eigenvalue weighted by molar-refractivity contribution is 6.46. The van der Waals surface area contributed by atoms with Gasteiger partial charge in [-0.2, -0.15) is 0 Å². The zero-order valence-electron chi connectivity index (χ0n) is 19.2. The third-order valence-corrected chi connectivity index (χ3v) is 5.65. The highest BCUT2D eigenvalue weighted by Gasteiger charge is 2.22. The largest absolute Gasteiger partial charge is 0.419 e. The van der Waals surface area contributed by atoms with Crippen LogP contribution in [0.25, 0.3) is 5.70 Å². The molecular formula is C25H28N6O3. The number of nitrogens with two attached hydrogens (primary N) is 1. The molecule has 0 radical (unpaired) electrons. The van der Waals surface area contributed by atoms with Gasteiger partial charge in [-0.3, -0.25) is 9.79 Å². The highest BCUT2D eigenvalue weighted by atomic mass is 16.5. The van der Waals surface area contributed by atoms with Gasteiger partial charge < -0.3 is 19.8 Å². The molecule has 1 saturated heterocycles. The molecule has 9 heteroatoms. The van der Waals surface area contributed by atoms with E-state index in [1.54, 1.807) is 19.2 Å². The van der Waals surface area contributed by atoms with Crippen molar-refractivity contribution >= 4 is 23.2 Å². The Bertz CT molecular complexity index is 1150. The molecular weight excluding hydrogens is 432 g/mol. The predicted octanol–water partition coefficient (Wildman–Crippen LogP) is 2.98. The Morgan fingerprint density at radius 3 is 2.68 bits per heavy atom. The van der Waals surface area contributed by atoms with Crippen LogP contribution in [0.15, 0.2) is 69.6 Å². The number of amidine groups is 1. The van der Waals surface area contributed by atoms with Crippen LogP contribution in [-0.2, 0) is 4.74 Å². The fourth-order valence-corrected chi connectivity index (χ4v) is 3.70. The third kappa shape index (κ3) is 5.37. The summed E-state index contributed by atoms with van der Waals surface area (Å²) in [5, 5.41) is 8.30. The van der Waals surface area contributed by atoms with E-state index in [1.807, 2.05) is 41.3 Å². The van der Waals surface area contributed by atoms with Crippen molar-refractivity contribution in [3.05, 3.63) is 78.1 Å². The van der Waals surface area contributed by atoms with Crippen LogP contribution in [0.2, 0.25) is 0 Å². The number of hydrogen-bond acceptors (Lipinski definition) is 7. The summed E-state index contributed by atoms with van der Waals surface area (Å²) in [5.41, 5.74) is 8.12. The molecule has 1 amide bonds. The standard InChI is InChI=1S/C25H28N6O3/c1-17(18-9-11-20(12-10-18)25(32)31-13-6-15-33-16-14-31)28-21(22(26)27-2)24-30-29-23(34-24)19-7-4-3-5-8-19/h3-5,7,9-12,19H,1,6,8,13-16H2,2H3,(H2,26,27). The van der Waals surface area contributed by atoms with Crippen LogP contribution in [0, 0.1) is 0 Å². The molecule has 2 aromatic rings. The number of aromatic nitrogens is 2. The molecule has 1 fully saturated rings. The molecule has 2 N–H and O–H groups in total. The number of allylic oxidation sites excluding steroid dienone is 4. The predicted molar refractivity (Wildman–Crippen MR) is 131 cm³/mol. The monoisotopic (exact) mass is 460 g/mol. The minimum absolute atomic E-state index is 0.0105. The van der Waals surface area contributed by atoms with E-state index in [-0.39, 0.29) is 29.3 Å². The minimum Gasteiger partial charge on any atom is -0.419 e. The number of nitrogens with zero attached hydrogens (tertiary/aromatic N) is 5. The second-order valence-electron chi connectivity index (χ2n) is 7.95. The number of hydrogen-bond donors (Lipinski definition) is 1. The molecule has 2 heterocycles. The van der Waals surface area contributed by atoms with Crippen molar-refractivity contribution in [2.24, 2.45) is 15.7 Å². The third-order valence-electron chi connectivity index (χ3n) is 5.65. The molecule has 1 aliphatic carbocycles. The maximum atomic E-state index is 12.8. The molecule has 176 valence electrons. The lowest BCUT2D eigenvalue weighted by molar-refractivity contribution is 0.0741. The Morgan fingerprint density at radius 2 is 1.94 bits per heavy atom. The molecule has 0 spiro atoms. The van der Waals surface area contributed by atoms with Gasteiger partial charge in [0.05, 0.1) is 18.2 Å². The van der Waals surface area contributed by atoms with Crippen LogP contribution in [0.5, 0.6) is 0 Å². The van der Waals surface area contributed by atoms with Gasteiger partial charge in [0, 0.05) is 32.3 Å². The molecule has 34 heavy (non-hydrogen) atoms. The van der Waals surface area contributed by atoms with Crippen molar-refractivity contribution in [1.82, 2.24) is 15.1 Å². The summed E-state index contributed by atoms with van der Waals surface area (Å²) < 4.78 is 11.3. The van der Waals surface area contributed by atoms with Crippen molar-refractivity contribution in [1.29, 1.82) is 0 Å². The van der Waals surface area contributed by atoms with Crippen LogP contribution in [-0.4, -0.2) is 65.9 Å². The van der Waals surface area contributed by atoms with Crippen LogP contribution in [0.4, 0.5) is 0 Å². The first kappa shape index (κ1) is 23.3. The van der Waals surface area contributed by atoms with E-state index < -0.39 is 0 Å². The molecule has 1 aliphatic heterocycles. The Kier molecular flexibility index (Phi) is 7.44. The molecule has 1 aromatic heterocycles. The summed E-state index contributed by atoms with van der Waals surface area (Å²) in [4.78, 5) is 23.2. The van der Waals surface area contributed by atoms with Gasteiger partial charge >= 0.3 is 0 Å². The minimum atomic E-state index is -0.0146. The lowest BCUT2D eigenvalue weighted by Crippen LogP contribution is -2.33. The van der Waals surface area contributed by atoms with Crippen LogP contribution >= 0.6 is 0 Å². The lowest BCUT2D eigenvalue weighted by Gasteiger charge is -2.19. The number of carbonyl (C=O) groups is 1. The van der Waals surface area contributed by atoms with Crippen LogP contribution in [0.1, 0.15) is 46.5 Å². The van der Waals surface area contributed by atoms with Gasteiger partial charge in [-0.15, -0.1) is 10.2 Å². The molecule has 1 aromatic carbocycles. The first-order valence-corrected chi connectivity index (χ1v) is 11.2. The zero-order valence-corrected chi connectivity index (χ0v) is 19.2. The van der Waals surface area contributed by atoms with Crippen molar-refractivity contribution in [2.45, 2.75) is 18.8 Å². The highest BCUT2D eigenvalue weighted by Crippen LogP contribution is 2.24. The second kappa shape index (κ2) is 10.8. The van der Waals surface area contributed by atoms with Crippen molar-refractivity contribution in [2.75, 3.05) is 33.4 Å². The molecule has 2 aliphatic rings. The molecule has 0 saturated carbocycles. The van der Waals surface area contributed by atoms with E-state index in [0.717, 1.165) is 18.4 Å². The fourth-order valence-electron chi connectivity index (χ4n) is 3.70. The second-order valence-corrected chi connectivity index (χ2v) is 7.95. The normalized spacial score (nSPS) is 19.2. The van der Waals surface area contributed by atoms with Gasteiger partial charge in [0.2, 0.25) is 5.89 Å². The summed E-state index contributed by atoms with van der Waals surface area (Å²) in [6.45, 7) is 6.59. The van der Waals surface area contributed by atoms with Crippen molar-refractivity contribution in [3.8, 4) is 0 Å².